The number of amides is 1. The predicted octanol–water partition coefficient (Wildman–Crippen LogP) is 0.737. The summed E-state index contributed by atoms with van der Waals surface area (Å²) in [5.74, 6) is -0.674. The van der Waals surface area contributed by atoms with Gasteiger partial charge in [-0.05, 0) is 33.6 Å². The van der Waals surface area contributed by atoms with E-state index >= 15 is 0 Å². The Kier molecular flexibility index (Phi) is 3.66. The van der Waals surface area contributed by atoms with E-state index in [2.05, 4.69) is 5.32 Å². The molecule has 1 rings (SSSR count). The SMILES string of the molecule is CC(C)(C)OC(=O)C1CC(O)(CNC(=O)O)C1. The van der Waals surface area contributed by atoms with Crippen LogP contribution in [-0.4, -0.2) is 40.0 Å². The van der Waals surface area contributed by atoms with Crippen molar-refractivity contribution in [3.8, 4) is 0 Å². The van der Waals surface area contributed by atoms with Crippen LogP contribution in [0.15, 0.2) is 0 Å². The van der Waals surface area contributed by atoms with Gasteiger partial charge in [-0.1, -0.05) is 0 Å². The van der Waals surface area contributed by atoms with Crippen molar-refractivity contribution in [2.45, 2.75) is 44.8 Å². The van der Waals surface area contributed by atoms with E-state index in [1.54, 1.807) is 20.8 Å². The molecule has 98 valence electrons. The van der Waals surface area contributed by atoms with Crippen LogP contribution in [0.1, 0.15) is 33.6 Å². The Labute approximate surface area is 100.0 Å². The molecule has 0 aliphatic heterocycles. The predicted molar refractivity (Wildman–Crippen MR) is 59.5 cm³/mol. The Morgan fingerprint density at radius 2 is 1.94 bits per heavy atom. The molecule has 1 saturated carbocycles. The molecule has 0 radical (unpaired) electrons. The van der Waals surface area contributed by atoms with Gasteiger partial charge in [-0.25, -0.2) is 4.79 Å². The first-order valence-electron chi connectivity index (χ1n) is 5.53. The van der Waals surface area contributed by atoms with Crippen molar-refractivity contribution in [1.82, 2.24) is 5.32 Å². The minimum absolute atomic E-state index is 0.0539. The molecule has 6 nitrogen and oxygen atoms in total. The second kappa shape index (κ2) is 4.52. The number of ether oxygens (including phenoxy) is 1. The quantitative estimate of drug-likeness (QED) is 0.637. The molecule has 0 unspecified atom stereocenters. The zero-order chi connectivity index (χ0) is 13.3. The number of hydrogen-bond acceptors (Lipinski definition) is 4. The molecular formula is C11H19NO5. The van der Waals surface area contributed by atoms with Crippen molar-refractivity contribution >= 4 is 12.1 Å². The molecule has 0 aromatic heterocycles. The van der Waals surface area contributed by atoms with Gasteiger partial charge in [0.1, 0.15) is 5.60 Å². The zero-order valence-electron chi connectivity index (χ0n) is 10.3. The summed E-state index contributed by atoms with van der Waals surface area (Å²) in [5, 5.41) is 20.4. The maximum absolute atomic E-state index is 11.6. The van der Waals surface area contributed by atoms with Gasteiger partial charge < -0.3 is 20.3 Å². The molecule has 0 bridgehead atoms. The van der Waals surface area contributed by atoms with Crippen LogP contribution in [0.25, 0.3) is 0 Å². The third kappa shape index (κ3) is 4.22. The van der Waals surface area contributed by atoms with Gasteiger partial charge in [0.15, 0.2) is 0 Å². The molecule has 0 atom stereocenters. The van der Waals surface area contributed by atoms with Crippen LogP contribution < -0.4 is 5.32 Å². The van der Waals surface area contributed by atoms with Crippen molar-refractivity contribution in [3.05, 3.63) is 0 Å². The smallest absolute Gasteiger partial charge is 0.404 e. The average molecular weight is 245 g/mol. The minimum atomic E-state index is -1.18. The van der Waals surface area contributed by atoms with E-state index in [9.17, 15) is 14.7 Å². The van der Waals surface area contributed by atoms with Crippen molar-refractivity contribution < 1.29 is 24.5 Å². The van der Waals surface area contributed by atoms with E-state index in [0.29, 0.717) is 0 Å². The minimum Gasteiger partial charge on any atom is -0.465 e. The molecule has 3 N–H and O–H groups in total. The Bertz CT molecular complexity index is 314. The van der Waals surface area contributed by atoms with Gasteiger partial charge >= 0.3 is 12.1 Å². The van der Waals surface area contributed by atoms with Crippen LogP contribution in [0, 0.1) is 5.92 Å². The Morgan fingerprint density at radius 1 is 1.41 bits per heavy atom. The number of carboxylic acid groups (broad SMARTS) is 1. The molecule has 0 aromatic rings. The molecule has 17 heavy (non-hydrogen) atoms. The Morgan fingerprint density at radius 3 is 2.35 bits per heavy atom. The molecular weight excluding hydrogens is 226 g/mol. The number of esters is 1. The summed E-state index contributed by atoms with van der Waals surface area (Å²) >= 11 is 0. The summed E-state index contributed by atoms with van der Waals surface area (Å²) in [6, 6.07) is 0. The molecule has 6 heteroatoms. The molecule has 1 aliphatic carbocycles. The standard InChI is InChI=1S/C11H19NO5/c1-10(2,3)17-8(13)7-4-11(16,5-7)6-12-9(14)15/h7,12,16H,4-6H2,1-3H3,(H,14,15). The third-order valence-corrected chi connectivity index (χ3v) is 2.56. The normalized spacial score (nSPS) is 28.1. The third-order valence-electron chi connectivity index (χ3n) is 2.56. The molecule has 1 amide bonds. The van der Waals surface area contributed by atoms with Gasteiger partial charge in [-0.2, -0.15) is 0 Å². The maximum Gasteiger partial charge on any atom is 0.404 e. The number of nitrogens with one attached hydrogen (secondary N) is 1. The molecule has 0 spiro atoms. The summed E-state index contributed by atoms with van der Waals surface area (Å²) in [7, 11) is 0. The van der Waals surface area contributed by atoms with Crippen LogP contribution in [0.4, 0.5) is 4.79 Å². The van der Waals surface area contributed by atoms with Gasteiger partial charge in [0, 0.05) is 6.54 Å². The Balaban J connectivity index is 2.35. The molecule has 1 aliphatic rings. The maximum atomic E-state index is 11.6. The molecule has 0 aromatic carbocycles. The number of hydrogen-bond donors (Lipinski definition) is 3. The van der Waals surface area contributed by atoms with Gasteiger partial charge in [0.25, 0.3) is 0 Å². The number of rotatable bonds is 3. The molecule has 0 heterocycles. The first-order chi connectivity index (χ1) is 7.61. The monoisotopic (exact) mass is 245 g/mol. The lowest BCUT2D eigenvalue weighted by Gasteiger charge is -2.42. The highest BCUT2D eigenvalue weighted by molar-refractivity contribution is 5.74. The summed E-state index contributed by atoms with van der Waals surface area (Å²) in [5.41, 5.74) is -1.65. The summed E-state index contributed by atoms with van der Waals surface area (Å²) in [6.45, 7) is 5.28. The average Bonchev–Trinajstić information content (AvgIpc) is 2.07. The van der Waals surface area contributed by atoms with Crippen LogP contribution in [-0.2, 0) is 9.53 Å². The molecule has 1 fully saturated rings. The fourth-order valence-corrected chi connectivity index (χ4v) is 1.79. The van der Waals surface area contributed by atoms with Gasteiger partial charge in [0.2, 0.25) is 0 Å². The van der Waals surface area contributed by atoms with Gasteiger partial charge in [-0.15, -0.1) is 0 Å². The lowest BCUT2D eigenvalue weighted by atomic mass is 9.71. The van der Waals surface area contributed by atoms with E-state index in [-0.39, 0.29) is 31.3 Å². The second-order valence-electron chi connectivity index (χ2n) is 5.52. The second-order valence-corrected chi connectivity index (χ2v) is 5.52. The number of aliphatic hydroxyl groups is 1. The zero-order valence-corrected chi connectivity index (χ0v) is 10.3. The topological polar surface area (TPSA) is 95.9 Å². The van der Waals surface area contributed by atoms with E-state index < -0.39 is 17.3 Å². The number of carbonyl (C=O) groups excluding carboxylic acids is 1. The first-order valence-corrected chi connectivity index (χ1v) is 5.53. The van der Waals surface area contributed by atoms with Crippen molar-refractivity contribution in [3.63, 3.8) is 0 Å². The highest BCUT2D eigenvalue weighted by Crippen LogP contribution is 2.38. The van der Waals surface area contributed by atoms with Crippen LogP contribution >= 0.6 is 0 Å². The van der Waals surface area contributed by atoms with Crippen molar-refractivity contribution in [2.24, 2.45) is 5.92 Å². The van der Waals surface area contributed by atoms with E-state index in [0.717, 1.165) is 0 Å². The lowest BCUT2D eigenvalue weighted by molar-refractivity contribution is -0.174. The summed E-state index contributed by atoms with van der Waals surface area (Å²) in [6.07, 6.45) is -0.705. The summed E-state index contributed by atoms with van der Waals surface area (Å²) in [4.78, 5) is 21.9. The fraction of sp³-hybridized carbons (Fsp3) is 0.818. The highest BCUT2D eigenvalue weighted by Gasteiger charge is 2.47. The largest absolute Gasteiger partial charge is 0.465 e. The fourth-order valence-electron chi connectivity index (χ4n) is 1.79. The summed E-state index contributed by atoms with van der Waals surface area (Å²) < 4.78 is 5.17. The lowest BCUT2D eigenvalue weighted by Crippen LogP contribution is -2.54. The Hall–Kier alpha value is -1.30. The van der Waals surface area contributed by atoms with E-state index in [1.807, 2.05) is 0 Å². The van der Waals surface area contributed by atoms with Gasteiger partial charge in [0.05, 0.1) is 11.5 Å². The van der Waals surface area contributed by atoms with Crippen molar-refractivity contribution in [1.29, 1.82) is 0 Å². The molecule has 0 saturated heterocycles. The first kappa shape index (κ1) is 13.8. The van der Waals surface area contributed by atoms with Crippen LogP contribution in [0.5, 0.6) is 0 Å². The van der Waals surface area contributed by atoms with Gasteiger partial charge in [-0.3, -0.25) is 4.79 Å². The van der Waals surface area contributed by atoms with Crippen molar-refractivity contribution in [2.75, 3.05) is 6.54 Å². The van der Waals surface area contributed by atoms with E-state index in [1.165, 1.54) is 0 Å². The number of carbonyl (C=O) groups is 2. The highest BCUT2D eigenvalue weighted by atomic mass is 16.6. The van der Waals surface area contributed by atoms with Crippen LogP contribution in [0.3, 0.4) is 0 Å². The van der Waals surface area contributed by atoms with Crippen LogP contribution in [0.2, 0.25) is 0 Å². The van der Waals surface area contributed by atoms with E-state index in [4.69, 9.17) is 9.84 Å².